The Bertz CT molecular complexity index is 358. The van der Waals surface area contributed by atoms with E-state index in [1.54, 1.807) is 0 Å². The molecule has 0 bridgehead atoms. The van der Waals surface area contributed by atoms with Gasteiger partial charge in [-0.1, -0.05) is 24.9 Å². The Hall–Kier alpha value is -0.750. The third-order valence-corrected chi connectivity index (χ3v) is 4.48. The Labute approximate surface area is 112 Å². The molecule has 1 heterocycles. The lowest BCUT2D eigenvalue weighted by Crippen LogP contribution is -2.34. The summed E-state index contributed by atoms with van der Waals surface area (Å²) in [5, 5.41) is 15.3. The minimum Gasteiger partial charge on any atom is -0.407 e. The zero-order valence-corrected chi connectivity index (χ0v) is 11.9. The molecule has 2 atom stereocenters. The third-order valence-electron chi connectivity index (χ3n) is 3.31. The number of thioether (sulfide) groups is 1. The first-order valence-electron chi connectivity index (χ1n) is 6.66. The van der Waals surface area contributed by atoms with Gasteiger partial charge in [0.25, 0.3) is 0 Å². The van der Waals surface area contributed by atoms with Crippen LogP contribution in [0.15, 0.2) is 4.42 Å². The van der Waals surface area contributed by atoms with E-state index in [2.05, 4.69) is 34.0 Å². The van der Waals surface area contributed by atoms with Crippen LogP contribution < -0.4 is 10.6 Å². The lowest BCUT2D eigenvalue weighted by molar-refractivity contribution is 0.444. The minimum absolute atomic E-state index is 0.459. The van der Waals surface area contributed by atoms with E-state index in [0.29, 0.717) is 29.7 Å². The molecule has 1 aromatic rings. The van der Waals surface area contributed by atoms with Crippen LogP contribution in [0, 0.1) is 0 Å². The molecule has 2 unspecified atom stereocenters. The fraction of sp³-hybridized carbons (Fsp3) is 0.833. The number of nitrogens with zero attached hydrogens (tertiary/aromatic N) is 2. The van der Waals surface area contributed by atoms with Crippen molar-refractivity contribution in [1.82, 2.24) is 15.5 Å². The summed E-state index contributed by atoms with van der Waals surface area (Å²) in [6.07, 6.45) is 7.26. The Morgan fingerprint density at radius 2 is 2.17 bits per heavy atom. The van der Waals surface area contributed by atoms with Gasteiger partial charge in [-0.2, -0.15) is 11.8 Å². The van der Waals surface area contributed by atoms with E-state index in [0.717, 1.165) is 6.54 Å². The average molecular weight is 270 g/mol. The molecule has 0 aromatic carbocycles. The summed E-state index contributed by atoms with van der Waals surface area (Å²) in [6.45, 7) is 3.60. The van der Waals surface area contributed by atoms with Gasteiger partial charge in [-0.05, 0) is 25.6 Å². The fourth-order valence-electron chi connectivity index (χ4n) is 2.32. The van der Waals surface area contributed by atoms with E-state index in [1.165, 1.54) is 25.7 Å². The van der Waals surface area contributed by atoms with Crippen LogP contribution in [-0.4, -0.2) is 34.3 Å². The summed E-state index contributed by atoms with van der Waals surface area (Å²) in [6, 6.07) is 1.02. The van der Waals surface area contributed by atoms with Gasteiger partial charge < -0.3 is 15.1 Å². The molecule has 6 heteroatoms. The predicted molar refractivity (Wildman–Crippen MR) is 74.9 cm³/mol. The monoisotopic (exact) mass is 270 g/mol. The van der Waals surface area contributed by atoms with Gasteiger partial charge in [0.15, 0.2) is 0 Å². The van der Waals surface area contributed by atoms with Crippen LogP contribution in [0.5, 0.6) is 0 Å². The number of nitrogens with one attached hydrogen (secondary N) is 2. The van der Waals surface area contributed by atoms with Gasteiger partial charge in [0, 0.05) is 11.3 Å². The van der Waals surface area contributed by atoms with Crippen molar-refractivity contribution >= 4 is 17.8 Å². The largest absolute Gasteiger partial charge is 0.407 e. The summed E-state index contributed by atoms with van der Waals surface area (Å²) in [5.41, 5.74) is 0. The van der Waals surface area contributed by atoms with Gasteiger partial charge in [0.2, 0.25) is 5.89 Å². The Morgan fingerprint density at radius 1 is 1.33 bits per heavy atom. The molecule has 0 saturated heterocycles. The molecule has 0 aliphatic heterocycles. The SMILES string of the molecule is CCNCc1nnc(NC2CCCCC2SC)o1. The molecule has 1 aliphatic carbocycles. The highest BCUT2D eigenvalue weighted by molar-refractivity contribution is 7.99. The van der Waals surface area contributed by atoms with Crippen molar-refractivity contribution in [2.75, 3.05) is 18.1 Å². The summed E-state index contributed by atoms with van der Waals surface area (Å²) < 4.78 is 5.58. The van der Waals surface area contributed by atoms with Crippen molar-refractivity contribution in [3.63, 3.8) is 0 Å². The van der Waals surface area contributed by atoms with E-state index < -0.39 is 0 Å². The quantitative estimate of drug-likeness (QED) is 0.827. The molecular formula is C12H22N4OS. The van der Waals surface area contributed by atoms with Crippen molar-refractivity contribution in [2.24, 2.45) is 0 Å². The van der Waals surface area contributed by atoms with Gasteiger partial charge in [-0.25, -0.2) is 0 Å². The summed E-state index contributed by atoms with van der Waals surface area (Å²) in [7, 11) is 0. The lowest BCUT2D eigenvalue weighted by atomic mass is 9.95. The lowest BCUT2D eigenvalue weighted by Gasteiger charge is -2.30. The zero-order valence-electron chi connectivity index (χ0n) is 11.1. The second kappa shape index (κ2) is 6.99. The maximum absolute atomic E-state index is 5.58. The maximum atomic E-state index is 5.58. The number of aromatic nitrogens is 2. The van der Waals surface area contributed by atoms with Crippen LogP contribution >= 0.6 is 11.8 Å². The molecule has 2 rings (SSSR count). The van der Waals surface area contributed by atoms with E-state index in [9.17, 15) is 0 Å². The first kappa shape index (κ1) is 13.7. The Balaban J connectivity index is 1.89. The second-order valence-electron chi connectivity index (χ2n) is 4.59. The van der Waals surface area contributed by atoms with Gasteiger partial charge in [-0.3, -0.25) is 0 Å². The van der Waals surface area contributed by atoms with Crippen LogP contribution in [0.2, 0.25) is 0 Å². The first-order chi connectivity index (χ1) is 8.83. The summed E-state index contributed by atoms with van der Waals surface area (Å²) >= 11 is 1.93. The van der Waals surface area contributed by atoms with Crippen LogP contribution in [-0.2, 0) is 6.54 Å². The number of hydrogen-bond acceptors (Lipinski definition) is 6. The normalized spacial score (nSPS) is 24.1. The van der Waals surface area contributed by atoms with E-state index in [1.807, 2.05) is 11.8 Å². The highest BCUT2D eigenvalue weighted by atomic mass is 32.2. The number of rotatable bonds is 6. The highest BCUT2D eigenvalue weighted by Gasteiger charge is 2.25. The van der Waals surface area contributed by atoms with Crippen molar-refractivity contribution in [2.45, 2.75) is 50.4 Å². The highest BCUT2D eigenvalue weighted by Crippen LogP contribution is 2.29. The van der Waals surface area contributed by atoms with Crippen molar-refractivity contribution in [3.05, 3.63) is 5.89 Å². The van der Waals surface area contributed by atoms with E-state index in [-0.39, 0.29) is 0 Å². The molecule has 102 valence electrons. The molecule has 18 heavy (non-hydrogen) atoms. The smallest absolute Gasteiger partial charge is 0.315 e. The van der Waals surface area contributed by atoms with Gasteiger partial charge >= 0.3 is 6.01 Å². The van der Waals surface area contributed by atoms with Gasteiger partial charge in [0.05, 0.1) is 6.54 Å². The van der Waals surface area contributed by atoms with Crippen molar-refractivity contribution < 1.29 is 4.42 Å². The molecular weight excluding hydrogens is 248 g/mol. The topological polar surface area (TPSA) is 63.0 Å². The van der Waals surface area contributed by atoms with Gasteiger partial charge in [-0.15, -0.1) is 5.10 Å². The minimum atomic E-state index is 0.459. The average Bonchev–Trinajstić information content (AvgIpc) is 2.84. The molecule has 1 saturated carbocycles. The molecule has 1 aromatic heterocycles. The molecule has 0 radical (unpaired) electrons. The van der Waals surface area contributed by atoms with Crippen LogP contribution in [0.4, 0.5) is 6.01 Å². The predicted octanol–water partition coefficient (Wildman–Crippen LogP) is 2.27. The van der Waals surface area contributed by atoms with Gasteiger partial charge in [0.1, 0.15) is 0 Å². The van der Waals surface area contributed by atoms with Crippen LogP contribution in [0.1, 0.15) is 38.5 Å². The van der Waals surface area contributed by atoms with Crippen molar-refractivity contribution in [3.8, 4) is 0 Å². The third kappa shape index (κ3) is 3.62. The Morgan fingerprint density at radius 3 is 2.94 bits per heavy atom. The standard InChI is InChI=1S/C12H22N4OS/c1-3-13-8-11-15-16-12(17-11)14-9-6-4-5-7-10(9)18-2/h9-10,13H,3-8H2,1-2H3,(H,14,16). The Kier molecular flexibility index (Phi) is 5.31. The molecule has 1 aliphatic rings. The summed E-state index contributed by atoms with van der Waals surface area (Å²) in [4.78, 5) is 0. The van der Waals surface area contributed by atoms with Crippen LogP contribution in [0.25, 0.3) is 0 Å². The fourth-order valence-corrected chi connectivity index (χ4v) is 3.25. The molecule has 5 nitrogen and oxygen atoms in total. The van der Waals surface area contributed by atoms with Crippen molar-refractivity contribution in [1.29, 1.82) is 0 Å². The molecule has 2 N–H and O–H groups in total. The number of anilines is 1. The zero-order chi connectivity index (χ0) is 12.8. The number of hydrogen-bond donors (Lipinski definition) is 2. The second-order valence-corrected chi connectivity index (χ2v) is 5.67. The first-order valence-corrected chi connectivity index (χ1v) is 7.94. The molecule has 0 amide bonds. The molecule has 0 spiro atoms. The maximum Gasteiger partial charge on any atom is 0.315 e. The molecule has 1 fully saturated rings. The summed E-state index contributed by atoms with van der Waals surface area (Å²) in [5.74, 6) is 0.649. The van der Waals surface area contributed by atoms with E-state index >= 15 is 0 Å². The van der Waals surface area contributed by atoms with Crippen LogP contribution in [0.3, 0.4) is 0 Å². The van der Waals surface area contributed by atoms with E-state index in [4.69, 9.17) is 4.42 Å².